The van der Waals surface area contributed by atoms with E-state index in [1.54, 1.807) is 16.9 Å². The third-order valence-electron chi connectivity index (χ3n) is 2.49. The molecule has 0 aliphatic carbocycles. The van der Waals surface area contributed by atoms with Gasteiger partial charge in [-0.2, -0.15) is 5.10 Å². The van der Waals surface area contributed by atoms with Crippen LogP contribution in [0.25, 0.3) is 0 Å². The third-order valence-corrected chi connectivity index (χ3v) is 2.72. The number of aromatic nitrogens is 2. The largest absolute Gasteiger partial charge is 0.274 e. The number of hydrogen-bond acceptors (Lipinski definition) is 3. The van der Waals surface area contributed by atoms with E-state index in [9.17, 15) is 10.1 Å². The molecule has 0 atom stereocenters. The summed E-state index contributed by atoms with van der Waals surface area (Å²) in [6, 6.07) is 6.37. The molecule has 0 bridgehead atoms. The van der Waals surface area contributed by atoms with Crippen molar-refractivity contribution in [2.45, 2.75) is 13.5 Å². The van der Waals surface area contributed by atoms with E-state index < -0.39 is 4.92 Å². The van der Waals surface area contributed by atoms with E-state index in [2.05, 4.69) is 5.10 Å². The molecular formula is C11H10ClN3O2. The molecule has 1 heterocycles. The van der Waals surface area contributed by atoms with Crippen LogP contribution in [-0.4, -0.2) is 14.7 Å². The van der Waals surface area contributed by atoms with Crippen LogP contribution >= 0.6 is 11.6 Å². The van der Waals surface area contributed by atoms with Gasteiger partial charge in [0.05, 0.1) is 17.0 Å². The SMILES string of the molecule is Cc1ccnn1Cc1cc(Cl)ccc1[N+](=O)[O-]. The average Bonchev–Trinajstić information content (AvgIpc) is 2.64. The van der Waals surface area contributed by atoms with Crippen molar-refractivity contribution in [3.63, 3.8) is 0 Å². The van der Waals surface area contributed by atoms with Crippen LogP contribution in [0, 0.1) is 17.0 Å². The van der Waals surface area contributed by atoms with E-state index in [1.165, 1.54) is 12.1 Å². The van der Waals surface area contributed by atoms with Crippen LogP contribution in [0.15, 0.2) is 30.5 Å². The highest BCUT2D eigenvalue weighted by molar-refractivity contribution is 6.30. The van der Waals surface area contributed by atoms with E-state index in [4.69, 9.17) is 11.6 Å². The molecule has 17 heavy (non-hydrogen) atoms. The van der Waals surface area contributed by atoms with Gasteiger partial charge < -0.3 is 0 Å². The first-order valence-electron chi connectivity index (χ1n) is 4.99. The molecule has 0 aliphatic rings. The van der Waals surface area contributed by atoms with Gasteiger partial charge in [0.15, 0.2) is 0 Å². The Balaban J connectivity index is 2.41. The Hall–Kier alpha value is -1.88. The van der Waals surface area contributed by atoms with Crippen LogP contribution in [0.2, 0.25) is 5.02 Å². The Labute approximate surface area is 103 Å². The number of nitro benzene ring substituents is 1. The Morgan fingerprint density at radius 3 is 2.82 bits per heavy atom. The first-order valence-corrected chi connectivity index (χ1v) is 5.37. The lowest BCUT2D eigenvalue weighted by Gasteiger charge is -2.06. The van der Waals surface area contributed by atoms with Gasteiger partial charge in [-0.1, -0.05) is 11.6 Å². The zero-order valence-electron chi connectivity index (χ0n) is 9.13. The van der Waals surface area contributed by atoms with Gasteiger partial charge in [-0.15, -0.1) is 0 Å². The van der Waals surface area contributed by atoms with Gasteiger partial charge in [0.2, 0.25) is 0 Å². The van der Waals surface area contributed by atoms with Gasteiger partial charge >= 0.3 is 0 Å². The molecule has 0 radical (unpaired) electrons. The van der Waals surface area contributed by atoms with Crippen molar-refractivity contribution in [3.8, 4) is 0 Å². The van der Waals surface area contributed by atoms with Crippen LogP contribution in [0.3, 0.4) is 0 Å². The molecular weight excluding hydrogens is 242 g/mol. The molecule has 0 fully saturated rings. The third kappa shape index (κ3) is 2.45. The molecule has 2 rings (SSSR count). The first kappa shape index (κ1) is 11.6. The molecule has 5 nitrogen and oxygen atoms in total. The number of benzene rings is 1. The number of nitro groups is 1. The quantitative estimate of drug-likeness (QED) is 0.622. The summed E-state index contributed by atoms with van der Waals surface area (Å²) in [6.45, 7) is 2.24. The van der Waals surface area contributed by atoms with Gasteiger partial charge in [-0.3, -0.25) is 14.8 Å². The minimum Gasteiger partial charge on any atom is -0.265 e. The molecule has 0 spiro atoms. The van der Waals surface area contributed by atoms with Crippen LogP contribution in [0.5, 0.6) is 0 Å². The zero-order chi connectivity index (χ0) is 12.4. The van der Waals surface area contributed by atoms with Crippen molar-refractivity contribution >= 4 is 17.3 Å². The Morgan fingerprint density at radius 1 is 1.47 bits per heavy atom. The molecule has 0 amide bonds. The van der Waals surface area contributed by atoms with Gasteiger partial charge in [0, 0.05) is 23.0 Å². The Morgan fingerprint density at radius 2 is 2.24 bits per heavy atom. The molecule has 6 heteroatoms. The van der Waals surface area contributed by atoms with Crippen molar-refractivity contribution < 1.29 is 4.92 Å². The second-order valence-electron chi connectivity index (χ2n) is 3.66. The summed E-state index contributed by atoms with van der Waals surface area (Å²) in [5.74, 6) is 0. The average molecular weight is 252 g/mol. The molecule has 0 saturated heterocycles. The van der Waals surface area contributed by atoms with Crippen LogP contribution in [0.4, 0.5) is 5.69 Å². The number of aryl methyl sites for hydroxylation is 1. The van der Waals surface area contributed by atoms with Crippen LogP contribution < -0.4 is 0 Å². The molecule has 2 aromatic rings. The maximum absolute atomic E-state index is 10.9. The predicted octanol–water partition coefficient (Wildman–Crippen LogP) is 2.80. The van der Waals surface area contributed by atoms with Gasteiger partial charge in [-0.05, 0) is 25.1 Å². The predicted molar refractivity (Wildman–Crippen MR) is 64.2 cm³/mol. The van der Waals surface area contributed by atoms with Crippen LogP contribution in [0.1, 0.15) is 11.3 Å². The molecule has 1 aromatic carbocycles. The lowest BCUT2D eigenvalue weighted by Crippen LogP contribution is -2.06. The van der Waals surface area contributed by atoms with Crippen LogP contribution in [-0.2, 0) is 6.54 Å². The molecule has 1 aromatic heterocycles. The fraction of sp³-hybridized carbons (Fsp3) is 0.182. The monoisotopic (exact) mass is 251 g/mol. The second kappa shape index (κ2) is 4.55. The topological polar surface area (TPSA) is 61.0 Å². The Kier molecular flexibility index (Phi) is 3.10. The van der Waals surface area contributed by atoms with E-state index in [-0.39, 0.29) is 5.69 Å². The maximum Gasteiger partial charge on any atom is 0.274 e. The normalized spacial score (nSPS) is 10.5. The summed E-state index contributed by atoms with van der Waals surface area (Å²) in [6.07, 6.45) is 1.66. The van der Waals surface area contributed by atoms with Crippen molar-refractivity contribution in [1.29, 1.82) is 0 Å². The second-order valence-corrected chi connectivity index (χ2v) is 4.10. The van der Waals surface area contributed by atoms with Crippen molar-refractivity contribution in [2.75, 3.05) is 0 Å². The first-order chi connectivity index (χ1) is 8.08. The lowest BCUT2D eigenvalue weighted by atomic mass is 10.2. The minimum atomic E-state index is -0.412. The number of hydrogen-bond donors (Lipinski definition) is 0. The molecule has 88 valence electrons. The summed E-state index contributed by atoms with van der Waals surface area (Å²) in [4.78, 5) is 10.5. The maximum atomic E-state index is 10.9. The standard InChI is InChI=1S/C11H10ClN3O2/c1-8-4-5-13-14(8)7-9-6-10(12)2-3-11(9)15(16)17/h2-6H,7H2,1H3. The highest BCUT2D eigenvalue weighted by atomic mass is 35.5. The van der Waals surface area contributed by atoms with E-state index in [0.29, 0.717) is 17.1 Å². The summed E-state index contributed by atoms with van der Waals surface area (Å²) in [7, 11) is 0. The molecule has 0 saturated carbocycles. The summed E-state index contributed by atoms with van der Waals surface area (Å²) < 4.78 is 1.69. The van der Waals surface area contributed by atoms with E-state index >= 15 is 0 Å². The zero-order valence-corrected chi connectivity index (χ0v) is 9.89. The van der Waals surface area contributed by atoms with Gasteiger partial charge in [-0.25, -0.2) is 0 Å². The number of nitrogens with zero attached hydrogens (tertiary/aromatic N) is 3. The van der Waals surface area contributed by atoms with Crippen molar-refractivity contribution in [1.82, 2.24) is 9.78 Å². The lowest BCUT2D eigenvalue weighted by molar-refractivity contribution is -0.385. The van der Waals surface area contributed by atoms with E-state index in [0.717, 1.165) is 5.69 Å². The number of rotatable bonds is 3. The van der Waals surface area contributed by atoms with Gasteiger partial charge in [0.25, 0.3) is 5.69 Å². The van der Waals surface area contributed by atoms with Gasteiger partial charge in [0.1, 0.15) is 0 Å². The fourth-order valence-electron chi connectivity index (χ4n) is 1.58. The highest BCUT2D eigenvalue weighted by Gasteiger charge is 2.14. The van der Waals surface area contributed by atoms with E-state index in [1.807, 2.05) is 13.0 Å². The summed E-state index contributed by atoms with van der Waals surface area (Å²) in [5.41, 5.74) is 1.55. The number of halogens is 1. The summed E-state index contributed by atoms with van der Waals surface area (Å²) in [5, 5.41) is 15.5. The molecule has 0 aliphatic heterocycles. The highest BCUT2D eigenvalue weighted by Crippen LogP contribution is 2.23. The van der Waals surface area contributed by atoms with Crippen molar-refractivity contribution in [3.05, 3.63) is 56.9 Å². The fourth-order valence-corrected chi connectivity index (χ4v) is 1.78. The minimum absolute atomic E-state index is 0.0595. The Bertz CT molecular complexity index is 566. The summed E-state index contributed by atoms with van der Waals surface area (Å²) >= 11 is 5.85. The smallest absolute Gasteiger partial charge is 0.265 e. The molecule has 0 unspecified atom stereocenters. The van der Waals surface area contributed by atoms with Crippen molar-refractivity contribution in [2.24, 2.45) is 0 Å². The molecule has 0 N–H and O–H groups in total.